The Labute approximate surface area is 184 Å². The minimum Gasteiger partial charge on any atom is -0.495 e. The maximum Gasteiger partial charge on any atom is 0.254 e. The molecule has 1 aliphatic heterocycles. The molecular formula is C22H25FN4O3S. The lowest BCUT2D eigenvalue weighted by Gasteiger charge is -2.34. The molecule has 0 spiro atoms. The Balaban J connectivity index is 1.32. The highest BCUT2D eigenvalue weighted by atomic mass is 32.1. The SMILES string of the molecule is COc1ccc(OC)c2sc(N3CCN(CCNC(=O)c4ccccc4F)CC3)nc12. The molecule has 4 rings (SSSR count). The zero-order valence-electron chi connectivity index (χ0n) is 17.6. The molecule has 2 heterocycles. The van der Waals surface area contributed by atoms with Crippen LogP contribution in [0.4, 0.5) is 9.52 Å². The van der Waals surface area contributed by atoms with Gasteiger partial charge in [-0.05, 0) is 24.3 Å². The van der Waals surface area contributed by atoms with Crippen LogP contribution in [0.2, 0.25) is 0 Å². The predicted octanol–water partition coefficient (Wildman–Crippen LogP) is 3.00. The Bertz CT molecular complexity index is 1030. The summed E-state index contributed by atoms with van der Waals surface area (Å²) < 4.78 is 25.6. The Kier molecular flexibility index (Phi) is 6.53. The number of carbonyl (C=O) groups excluding carboxylic acids is 1. The fourth-order valence-electron chi connectivity index (χ4n) is 3.64. The van der Waals surface area contributed by atoms with Gasteiger partial charge in [0.05, 0.1) is 19.8 Å². The number of ether oxygens (including phenoxy) is 2. The normalized spacial score (nSPS) is 14.6. The molecule has 0 saturated carbocycles. The Morgan fingerprint density at radius 3 is 2.52 bits per heavy atom. The van der Waals surface area contributed by atoms with Gasteiger partial charge >= 0.3 is 0 Å². The highest BCUT2D eigenvalue weighted by Crippen LogP contribution is 2.40. The largest absolute Gasteiger partial charge is 0.495 e. The van der Waals surface area contributed by atoms with Crippen LogP contribution in [0.25, 0.3) is 10.2 Å². The average Bonchev–Trinajstić information content (AvgIpc) is 3.24. The van der Waals surface area contributed by atoms with Crippen LogP contribution in [-0.2, 0) is 0 Å². The van der Waals surface area contributed by atoms with Gasteiger partial charge in [0.25, 0.3) is 5.91 Å². The topological polar surface area (TPSA) is 66.9 Å². The second kappa shape index (κ2) is 9.49. The molecule has 1 saturated heterocycles. The van der Waals surface area contributed by atoms with Gasteiger partial charge in [-0.15, -0.1) is 0 Å². The third kappa shape index (κ3) is 4.57. The summed E-state index contributed by atoms with van der Waals surface area (Å²) >= 11 is 1.61. The van der Waals surface area contributed by atoms with E-state index in [1.807, 2.05) is 12.1 Å². The molecule has 1 aromatic heterocycles. The van der Waals surface area contributed by atoms with Gasteiger partial charge in [0.1, 0.15) is 27.5 Å². The van der Waals surface area contributed by atoms with Crippen molar-refractivity contribution in [1.82, 2.24) is 15.2 Å². The summed E-state index contributed by atoms with van der Waals surface area (Å²) in [6.07, 6.45) is 0. The molecular weight excluding hydrogens is 419 g/mol. The molecule has 7 nitrogen and oxygen atoms in total. The molecule has 2 aromatic carbocycles. The minimum atomic E-state index is -0.502. The smallest absolute Gasteiger partial charge is 0.254 e. The molecule has 1 amide bonds. The summed E-state index contributed by atoms with van der Waals surface area (Å²) in [4.78, 5) is 21.5. The van der Waals surface area contributed by atoms with Crippen molar-refractivity contribution < 1.29 is 18.7 Å². The van der Waals surface area contributed by atoms with E-state index in [-0.39, 0.29) is 11.5 Å². The fraction of sp³-hybridized carbons (Fsp3) is 0.364. The van der Waals surface area contributed by atoms with Crippen molar-refractivity contribution in [2.75, 3.05) is 58.4 Å². The van der Waals surface area contributed by atoms with Crippen LogP contribution in [0, 0.1) is 5.82 Å². The van der Waals surface area contributed by atoms with Crippen LogP contribution in [0.1, 0.15) is 10.4 Å². The Morgan fingerprint density at radius 1 is 1.10 bits per heavy atom. The zero-order valence-corrected chi connectivity index (χ0v) is 18.4. The first-order chi connectivity index (χ1) is 15.1. The lowest BCUT2D eigenvalue weighted by molar-refractivity contribution is 0.0943. The van der Waals surface area contributed by atoms with Crippen LogP contribution in [-0.4, -0.2) is 69.3 Å². The summed E-state index contributed by atoms with van der Waals surface area (Å²) in [5.41, 5.74) is 0.897. The van der Waals surface area contributed by atoms with Gasteiger partial charge in [-0.25, -0.2) is 9.37 Å². The van der Waals surface area contributed by atoms with Crippen molar-refractivity contribution >= 4 is 32.6 Å². The number of rotatable bonds is 7. The molecule has 1 N–H and O–H groups in total. The number of piperazine rings is 1. The molecule has 9 heteroatoms. The van der Waals surface area contributed by atoms with Crippen molar-refractivity contribution in [1.29, 1.82) is 0 Å². The minimum absolute atomic E-state index is 0.0778. The number of methoxy groups -OCH3 is 2. The van der Waals surface area contributed by atoms with E-state index >= 15 is 0 Å². The zero-order chi connectivity index (χ0) is 21.8. The van der Waals surface area contributed by atoms with Crippen molar-refractivity contribution in [3.63, 3.8) is 0 Å². The fourth-order valence-corrected chi connectivity index (χ4v) is 4.77. The van der Waals surface area contributed by atoms with Gasteiger partial charge in [-0.3, -0.25) is 9.69 Å². The monoisotopic (exact) mass is 444 g/mol. The van der Waals surface area contributed by atoms with E-state index in [0.717, 1.165) is 59.6 Å². The summed E-state index contributed by atoms with van der Waals surface area (Å²) in [6.45, 7) is 4.59. The number of nitrogens with zero attached hydrogens (tertiary/aromatic N) is 3. The second-order valence-corrected chi connectivity index (χ2v) is 8.19. The van der Waals surface area contributed by atoms with Gasteiger partial charge in [0, 0.05) is 39.3 Å². The van der Waals surface area contributed by atoms with Gasteiger partial charge in [-0.2, -0.15) is 0 Å². The Morgan fingerprint density at radius 2 is 1.81 bits per heavy atom. The number of nitrogens with one attached hydrogen (secondary N) is 1. The van der Waals surface area contributed by atoms with Gasteiger partial charge < -0.3 is 19.7 Å². The molecule has 1 aliphatic rings. The van der Waals surface area contributed by atoms with E-state index in [1.54, 1.807) is 37.7 Å². The molecule has 0 bridgehead atoms. The summed E-state index contributed by atoms with van der Waals surface area (Å²) in [5.74, 6) is 0.651. The molecule has 164 valence electrons. The van der Waals surface area contributed by atoms with Crippen molar-refractivity contribution in [2.24, 2.45) is 0 Å². The lowest BCUT2D eigenvalue weighted by Crippen LogP contribution is -2.48. The quantitative estimate of drug-likeness (QED) is 0.604. The molecule has 0 atom stereocenters. The van der Waals surface area contributed by atoms with Crippen molar-refractivity contribution in [3.8, 4) is 11.5 Å². The van der Waals surface area contributed by atoms with E-state index < -0.39 is 5.82 Å². The number of aromatic nitrogens is 1. The van der Waals surface area contributed by atoms with Crippen LogP contribution in [0.15, 0.2) is 36.4 Å². The number of hydrogen-bond acceptors (Lipinski definition) is 7. The third-order valence-electron chi connectivity index (χ3n) is 5.37. The number of carbonyl (C=O) groups is 1. The summed E-state index contributed by atoms with van der Waals surface area (Å²) in [6, 6.07) is 9.79. The van der Waals surface area contributed by atoms with E-state index in [2.05, 4.69) is 15.1 Å². The first kappa shape index (κ1) is 21.3. The first-order valence-corrected chi connectivity index (χ1v) is 10.9. The number of amides is 1. The predicted molar refractivity (Wildman–Crippen MR) is 120 cm³/mol. The van der Waals surface area contributed by atoms with E-state index in [4.69, 9.17) is 14.5 Å². The van der Waals surface area contributed by atoms with Gasteiger partial charge in [-0.1, -0.05) is 23.5 Å². The number of thiazole rings is 1. The maximum absolute atomic E-state index is 13.7. The van der Waals surface area contributed by atoms with E-state index in [9.17, 15) is 9.18 Å². The number of anilines is 1. The molecule has 3 aromatic rings. The standard InChI is InChI=1S/C22H25FN4O3S/c1-29-17-7-8-18(30-2)20-19(17)25-22(31-20)27-13-11-26(12-14-27)10-9-24-21(28)15-5-3-4-6-16(15)23/h3-8H,9-14H2,1-2H3,(H,24,28). The van der Waals surface area contributed by atoms with Gasteiger partial charge in [0.2, 0.25) is 0 Å². The molecule has 0 aliphatic carbocycles. The molecule has 1 fully saturated rings. The highest BCUT2D eigenvalue weighted by molar-refractivity contribution is 7.22. The van der Waals surface area contributed by atoms with E-state index in [0.29, 0.717) is 6.54 Å². The lowest BCUT2D eigenvalue weighted by atomic mass is 10.2. The summed E-state index contributed by atoms with van der Waals surface area (Å²) in [7, 11) is 3.30. The van der Waals surface area contributed by atoms with Crippen molar-refractivity contribution in [2.45, 2.75) is 0 Å². The highest BCUT2D eigenvalue weighted by Gasteiger charge is 2.22. The molecule has 31 heavy (non-hydrogen) atoms. The number of halogens is 1. The number of benzene rings is 2. The first-order valence-electron chi connectivity index (χ1n) is 10.1. The van der Waals surface area contributed by atoms with E-state index in [1.165, 1.54) is 12.1 Å². The van der Waals surface area contributed by atoms with Crippen LogP contribution in [0.5, 0.6) is 11.5 Å². The Hall–Kier alpha value is -2.91. The van der Waals surface area contributed by atoms with Crippen LogP contribution in [0.3, 0.4) is 0 Å². The van der Waals surface area contributed by atoms with Crippen LogP contribution >= 0.6 is 11.3 Å². The molecule has 0 unspecified atom stereocenters. The van der Waals surface area contributed by atoms with Crippen molar-refractivity contribution in [3.05, 3.63) is 47.8 Å². The number of hydrogen-bond donors (Lipinski definition) is 1. The third-order valence-corrected chi connectivity index (χ3v) is 6.50. The number of fused-ring (bicyclic) bond motifs is 1. The summed E-state index contributed by atoms with van der Waals surface area (Å²) in [5, 5.41) is 3.75. The average molecular weight is 445 g/mol. The van der Waals surface area contributed by atoms with Gasteiger partial charge in [0.15, 0.2) is 5.13 Å². The second-order valence-electron chi connectivity index (χ2n) is 7.21. The molecule has 0 radical (unpaired) electrons. The van der Waals surface area contributed by atoms with Crippen LogP contribution < -0.4 is 19.7 Å². The maximum atomic E-state index is 13.7.